The maximum Gasteiger partial charge on any atom is 0.404 e. The van der Waals surface area contributed by atoms with Gasteiger partial charge in [-0.25, -0.2) is 9.59 Å². The van der Waals surface area contributed by atoms with Crippen LogP contribution in [0.25, 0.3) is 0 Å². The third kappa shape index (κ3) is 15.8. The minimum atomic E-state index is -1.60. The SMILES string of the molecule is C=C(F)C(=O)O.CCOC(N)=O. The molecule has 0 aliphatic heterocycles. The number of carbonyl (C=O) groups excluding carboxylic acids is 1. The highest BCUT2D eigenvalue weighted by molar-refractivity contribution is 5.82. The molecule has 70 valence electrons. The van der Waals surface area contributed by atoms with Crippen LogP contribution in [0.3, 0.4) is 0 Å². The third-order valence-electron chi connectivity index (χ3n) is 0.519. The first kappa shape index (κ1) is 13.0. The van der Waals surface area contributed by atoms with Crippen LogP contribution >= 0.6 is 0 Å². The number of primary amides is 1. The van der Waals surface area contributed by atoms with Crippen LogP contribution < -0.4 is 5.73 Å². The van der Waals surface area contributed by atoms with E-state index in [1.165, 1.54) is 0 Å². The van der Waals surface area contributed by atoms with Crippen molar-refractivity contribution in [3.05, 3.63) is 12.4 Å². The van der Waals surface area contributed by atoms with E-state index in [2.05, 4.69) is 17.0 Å². The van der Waals surface area contributed by atoms with E-state index >= 15 is 0 Å². The van der Waals surface area contributed by atoms with Crippen LogP contribution in [0.4, 0.5) is 9.18 Å². The number of hydrogen-bond acceptors (Lipinski definition) is 3. The van der Waals surface area contributed by atoms with Gasteiger partial charge < -0.3 is 15.6 Å². The van der Waals surface area contributed by atoms with Gasteiger partial charge in [0.05, 0.1) is 6.61 Å². The Kier molecular flexibility index (Phi) is 8.16. The van der Waals surface area contributed by atoms with Crippen LogP contribution in [0.5, 0.6) is 0 Å². The fraction of sp³-hybridized carbons (Fsp3) is 0.333. The normalized spacial score (nSPS) is 7.50. The van der Waals surface area contributed by atoms with Gasteiger partial charge in [-0.3, -0.25) is 0 Å². The topological polar surface area (TPSA) is 89.6 Å². The van der Waals surface area contributed by atoms with E-state index in [4.69, 9.17) is 5.11 Å². The van der Waals surface area contributed by atoms with Gasteiger partial charge >= 0.3 is 12.1 Å². The average molecular weight is 179 g/mol. The molecule has 0 radical (unpaired) electrons. The fourth-order valence-corrected chi connectivity index (χ4v) is 0.142. The van der Waals surface area contributed by atoms with E-state index < -0.39 is 17.9 Å². The number of carbonyl (C=O) groups is 2. The molecule has 0 heterocycles. The summed E-state index contributed by atoms with van der Waals surface area (Å²) in [7, 11) is 0. The van der Waals surface area contributed by atoms with Crippen molar-refractivity contribution in [3.8, 4) is 0 Å². The van der Waals surface area contributed by atoms with Crippen molar-refractivity contribution in [1.82, 2.24) is 0 Å². The molecule has 0 rings (SSSR count). The molecule has 0 bridgehead atoms. The van der Waals surface area contributed by atoms with Gasteiger partial charge in [0.1, 0.15) is 0 Å². The van der Waals surface area contributed by atoms with Crippen LogP contribution in [0.2, 0.25) is 0 Å². The van der Waals surface area contributed by atoms with Gasteiger partial charge in [0.25, 0.3) is 0 Å². The number of rotatable bonds is 2. The summed E-state index contributed by atoms with van der Waals surface area (Å²) in [6.45, 7) is 4.54. The minimum Gasteiger partial charge on any atom is -0.476 e. The number of carboxylic acids is 1. The monoisotopic (exact) mass is 179 g/mol. The summed E-state index contributed by atoms with van der Waals surface area (Å²) in [5.41, 5.74) is 4.54. The van der Waals surface area contributed by atoms with Crippen LogP contribution in [-0.2, 0) is 9.53 Å². The first-order valence-electron chi connectivity index (χ1n) is 2.91. The Morgan fingerprint density at radius 2 is 2.00 bits per heavy atom. The standard InChI is InChI=1S/C3H3FO2.C3H7NO2/c1-2(4)3(5)6;1-2-6-3(4)5/h1H2,(H,5,6);2H2,1H3,(H2,4,5). The Morgan fingerprint density at radius 1 is 1.67 bits per heavy atom. The highest BCUT2D eigenvalue weighted by Gasteiger charge is 1.96. The summed E-state index contributed by atoms with van der Waals surface area (Å²) >= 11 is 0. The first-order chi connectivity index (χ1) is 5.41. The van der Waals surface area contributed by atoms with Gasteiger partial charge in [0.2, 0.25) is 5.83 Å². The lowest BCUT2D eigenvalue weighted by atomic mass is 10.6. The predicted octanol–water partition coefficient (Wildman–Crippen LogP) is 0.656. The molecular formula is C6H10FNO4. The van der Waals surface area contributed by atoms with Crippen LogP contribution in [0.15, 0.2) is 12.4 Å². The number of aliphatic carboxylic acids is 1. The predicted molar refractivity (Wildman–Crippen MR) is 39.1 cm³/mol. The smallest absolute Gasteiger partial charge is 0.404 e. The zero-order chi connectivity index (χ0) is 10.1. The lowest BCUT2D eigenvalue weighted by molar-refractivity contribution is -0.134. The second-order valence-electron chi connectivity index (χ2n) is 1.46. The number of amides is 1. The lowest BCUT2D eigenvalue weighted by Gasteiger charge is -1.89. The summed E-state index contributed by atoms with van der Waals surface area (Å²) in [5, 5.41) is 7.52. The number of hydrogen-bond donors (Lipinski definition) is 2. The molecule has 3 N–H and O–H groups in total. The number of ether oxygens (including phenoxy) is 1. The summed E-state index contributed by atoms with van der Waals surface area (Å²) in [5.74, 6) is -2.93. The fourth-order valence-electron chi connectivity index (χ4n) is 0.142. The van der Waals surface area contributed by atoms with E-state index in [-0.39, 0.29) is 0 Å². The number of halogens is 1. The molecule has 0 saturated heterocycles. The molecule has 0 atom stereocenters. The largest absolute Gasteiger partial charge is 0.476 e. The van der Waals surface area contributed by atoms with Gasteiger partial charge in [-0.05, 0) is 6.92 Å². The maximum absolute atomic E-state index is 11.0. The highest BCUT2D eigenvalue weighted by atomic mass is 19.1. The van der Waals surface area contributed by atoms with Crippen molar-refractivity contribution in [2.45, 2.75) is 6.92 Å². The molecule has 0 aromatic heterocycles. The molecular weight excluding hydrogens is 169 g/mol. The Hall–Kier alpha value is -1.59. The molecule has 0 aromatic carbocycles. The minimum absolute atomic E-state index is 0.356. The molecule has 0 spiro atoms. The second kappa shape index (κ2) is 7.52. The second-order valence-corrected chi connectivity index (χ2v) is 1.46. The molecule has 1 amide bonds. The van der Waals surface area contributed by atoms with Gasteiger partial charge in [-0.15, -0.1) is 0 Å². The first-order valence-corrected chi connectivity index (χ1v) is 2.91. The van der Waals surface area contributed by atoms with Crippen molar-refractivity contribution < 1.29 is 23.8 Å². The van der Waals surface area contributed by atoms with Gasteiger partial charge in [-0.1, -0.05) is 6.58 Å². The number of carboxylic acid groups (broad SMARTS) is 1. The molecule has 0 fully saturated rings. The highest BCUT2D eigenvalue weighted by Crippen LogP contribution is 1.86. The van der Waals surface area contributed by atoms with Crippen molar-refractivity contribution >= 4 is 12.1 Å². The maximum atomic E-state index is 11.0. The van der Waals surface area contributed by atoms with Crippen molar-refractivity contribution in [1.29, 1.82) is 0 Å². The van der Waals surface area contributed by atoms with Gasteiger partial charge in [0, 0.05) is 0 Å². The molecule has 5 nitrogen and oxygen atoms in total. The lowest BCUT2D eigenvalue weighted by Crippen LogP contribution is -2.11. The average Bonchev–Trinajstić information content (AvgIpc) is 1.87. The molecule has 0 aromatic rings. The molecule has 0 aliphatic carbocycles. The Bertz CT molecular complexity index is 168. The van der Waals surface area contributed by atoms with Crippen molar-refractivity contribution in [2.24, 2.45) is 5.73 Å². The Labute approximate surface area is 68.6 Å². The van der Waals surface area contributed by atoms with Crippen LogP contribution in [-0.4, -0.2) is 23.8 Å². The Balaban J connectivity index is 0. The summed E-state index contributed by atoms with van der Waals surface area (Å²) in [6, 6.07) is 0. The van der Waals surface area contributed by atoms with Gasteiger partial charge in [0.15, 0.2) is 0 Å². The molecule has 6 heteroatoms. The van der Waals surface area contributed by atoms with Gasteiger partial charge in [-0.2, -0.15) is 4.39 Å². The van der Waals surface area contributed by atoms with E-state index in [9.17, 15) is 14.0 Å². The zero-order valence-corrected chi connectivity index (χ0v) is 6.54. The molecule has 0 aliphatic rings. The summed E-state index contributed by atoms with van der Waals surface area (Å²) in [6.07, 6.45) is -0.711. The van der Waals surface area contributed by atoms with Crippen molar-refractivity contribution in [3.63, 3.8) is 0 Å². The zero-order valence-electron chi connectivity index (χ0n) is 6.54. The van der Waals surface area contributed by atoms with Crippen molar-refractivity contribution in [2.75, 3.05) is 6.61 Å². The summed E-state index contributed by atoms with van der Waals surface area (Å²) in [4.78, 5) is 18.8. The summed E-state index contributed by atoms with van der Waals surface area (Å²) < 4.78 is 15.2. The van der Waals surface area contributed by atoms with E-state index in [1.807, 2.05) is 0 Å². The Morgan fingerprint density at radius 3 is 2.00 bits per heavy atom. The molecule has 12 heavy (non-hydrogen) atoms. The van der Waals surface area contributed by atoms with E-state index in [0.717, 1.165) is 0 Å². The molecule has 0 unspecified atom stereocenters. The third-order valence-corrected chi connectivity index (χ3v) is 0.519. The quantitative estimate of drug-likeness (QED) is 0.609. The number of nitrogens with two attached hydrogens (primary N) is 1. The van der Waals surface area contributed by atoms with Crippen LogP contribution in [0, 0.1) is 0 Å². The van der Waals surface area contributed by atoms with E-state index in [0.29, 0.717) is 6.61 Å². The van der Waals surface area contributed by atoms with E-state index in [1.54, 1.807) is 6.92 Å². The molecule has 0 saturated carbocycles. The van der Waals surface area contributed by atoms with Crippen LogP contribution in [0.1, 0.15) is 6.92 Å².